The lowest BCUT2D eigenvalue weighted by Crippen LogP contribution is -2.24. The minimum absolute atomic E-state index is 0.163. The Morgan fingerprint density at radius 3 is 3.06 bits per heavy atom. The van der Waals surface area contributed by atoms with Crippen LogP contribution < -0.4 is 10.5 Å². The number of halogens is 1. The van der Waals surface area contributed by atoms with E-state index in [0.29, 0.717) is 29.5 Å². The van der Waals surface area contributed by atoms with Crippen molar-refractivity contribution in [2.75, 3.05) is 13.2 Å². The third-order valence-electron chi connectivity index (χ3n) is 2.24. The van der Waals surface area contributed by atoms with Crippen LogP contribution in [-0.4, -0.2) is 25.3 Å². The molecule has 88 valence electrons. The van der Waals surface area contributed by atoms with E-state index in [0.717, 1.165) is 0 Å². The van der Waals surface area contributed by atoms with E-state index >= 15 is 0 Å². The summed E-state index contributed by atoms with van der Waals surface area (Å²) < 4.78 is 10.6. The molecular formula is C11H10ClN3O2. The minimum atomic E-state index is -0.163. The number of nitriles is 1. The van der Waals surface area contributed by atoms with E-state index in [4.69, 9.17) is 32.1 Å². The van der Waals surface area contributed by atoms with Crippen molar-refractivity contribution in [3.8, 4) is 11.8 Å². The van der Waals surface area contributed by atoms with E-state index in [1.807, 2.05) is 6.07 Å². The molecule has 0 amide bonds. The summed E-state index contributed by atoms with van der Waals surface area (Å²) in [4.78, 5) is 3.90. The molecule has 1 aromatic carbocycles. The molecule has 1 unspecified atom stereocenters. The predicted molar refractivity (Wildman–Crippen MR) is 63.0 cm³/mol. The Hall–Kier alpha value is -1.93. The number of nitrogens with zero attached hydrogens (tertiary/aromatic N) is 2. The molecule has 0 aromatic heterocycles. The summed E-state index contributed by atoms with van der Waals surface area (Å²) in [7, 11) is 0. The second-order valence-electron chi connectivity index (χ2n) is 3.48. The highest BCUT2D eigenvalue weighted by molar-refractivity contribution is 6.31. The summed E-state index contributed by atoms with van der Waals surface area (Å²) in [5.74, 6) is 0.586. The van der Waals surface area contributed by atoms with Gasteiger partial charge >= 0.3 is 0 Å². The van der Waals surface area contributed by atoms with Crippen LogP contribution in [0.3, 0.4) is 0 Å². The van der Waals surface area contributed by atoms with Gasteiger partial charge in [-0.25, -0.2) is 4.99 Å². The van der Waals surface area contributed by atoms with Crippen molar-refractivity contribution < 1.29 is 9.47 Å². The fourth-order valence-electron chi connectivity index (χ4n) is 1.39. The topological polar surface area (TPSA) is 80.6 Å². The molecule has 1 aliphatic heterocycles. The fraction of sp³-hybridized carbons (Fsp3) is 0.273. The Morgan fingerprint density at radius 2 is 2.47 bits per heavy atom. The summed E-state index contributed by atoms with van der Waals surface area (Å²) in [5.41, 5.74) is 5.79. The molecule has 5 nitrogen and oxygen atoms in total. The van der Waals surface area contributed by atoms with Crippen LogP contribution in [0.25, 0.3) is 0 Å². The molecule has 0 spiro atoms. The number of nitrogens with two attached hydrogens (primary N) is 1. The number of benzene rings is 1. The van der Waals surface area contributed by atoms with Gasteiger partial charge in [0.1, 0.15) is 18.4 Å². The summed E-state index contributed by atoms with van der Waals surface area (Å²) in [5, 5.41) is 9.09. The maximum absolute atomic E-state index is 8.72. The molecule has 0 radical (unpaired) electrons. The molecule has 1 aromatic rings. The molecular weight excluding hydrogens is 242 g/mol. The van der Waals surface area contributed by atoms with Crippen molar-refractivity contribution in [1.29, 1.82) is 5.26 Å². The highest BCUT2D eigenvalue weighted by Gasteiger charge is 2.18. The first-order valence-corrected chi connectivity index (χ1v) is 5.36. The zero-order chi connectivity index (χ0) is 12.3. The second-order valence-corrected chi connectivity index (χ2v) is 3.89. The minimum Gasteiger partial charge on any atom is -0.490 e. The molecule has 0 saturated heterocycles. The molecule has 1 aliphatic rings. The van der Waals surface area contributed by atoms with Crippen LogP contribution in [0.4, 0.5) is 0 Å². The van der Waals surface area contributed by atoms with E-state index in [2.05, 4.69) is 4.99 Å². The average molecular weight is 252 g/mol. The van der Waals surface area contributed by atoms with Gasteiger partial charge < -0.3 is 15.2 Å². The Labute approximate surface area is 103 Å². The van der Waals surface area contributed by atoms with Gasteiger partial charge in [0.05, 0.1) is 17.1 Å². The van der Waals surface area contributed by atoms with Crippen LogP contribution in [0, 0.1) is 11.3 Å². The van der Waals surface area contributed by atoms with Crippen molar-refractivity contribution in [2.24, 2.45) is 10.7 Å². The average Bonchev–Trinajstić information content (AvgIpc) is 2.73. The summed E-state index contributed by atoms with van der Waals surface area (Å²) >= 11 is 5.87. The number of aliphatic imine (C=N–C) groups is 1. The van der Waals surface area contributed by atoms with E-state index in [1.165, 1.54) is 0 Å². The first kappa shape index (κ1) is 11.6. The lowest BCUT2D eigenvalue weighted by molar-refractivity contribution is 0.141. The zero-order valence-electron chi connectivity index (χ0n) is 8.89. The SMILES string of the molecule is N#Cc1ccc(OCC2CN=C(N)O2)cc1Cl. The number of hydrogen-bond acceptors (Lipinski definition) is 5. The van der Waals surface area contributed by atoms with Gasteiger partial charge in [-0.05, 0) is 12.1 Å². The van der Waals surface area contributed by atoms with Crippen LogP contribution in [0.5, 0.6) is 5.75 Å². The van der Waals surface area contributed by atoms with Gasteiger partial charge in [0.25, 0.3) is 6.02 Å². The molecule has 2 N–H and O–H groups in total. The van der Waals surface area contributed by atoms with Crippen molar-refractivity contribution in [3.05, 3.63) is 28.8 Å². The lowest BCUT2D eigenvalue weighted by atomic mass is 10.2. The van der Waals surface area contributed by atoms with Gasteiger partial charge in [0, 0.05) is 6.07 Å². The van der Waals surface area contributed by atoms with E-state index in [-0.39, 0.29) is 12.1 Å². The van der Waals surface area contributed by atoms with E-state index in [9.17, 15) is 0 Å². The molecule has 1 atom stereocenters. The Balaban J connectivity index is 1.92. The number of rotatable bonds is 3. The van der Waals surface area contributed by atoms with Crippen LogP contribution in [0.2, 0.25) is 5.02 Å². The highest BCUT2D eigenvalue weighted by atomic mass is 35.5. The van der Waals surface area contributed by atoms with Crippen molar-refractivity contribution in [3.63, 3.8) is 0 Å². The molecule has 6 heteroatoms. The van der Waals surface area contributed by atoms with Gasteiger partial charge in [-0.3, -0.25) is 0 Å². The van der Waals surface area contributed by atoms with Gasteiger partial charge in [-0.2, -0.15) is 5.26 Å². The lowest BCUT2D eigenvalue weighted by Gasteiger charge is -2.11. The van der Waals surface area contributed by atoms with Gasteiger partial charge in [-0.15, -0.1) is 0 Å². The number of hydrogen-bond donors (Lipinski definition) is 1. The standard InChI is InChI=1S/C11H10ClN3O2/c12-10-3-8(2-1-7(10)4-13)16-6-9-5-15-11(14)17-9/h1-3,9H,5-6H2,(H2,14,15). The monoisotopic (exact) mass is 251 g/mol. The molecule has 0 aliphatic carbocycles. The van der Waals surface area contributed by atoms with Crippen molar-refractivity contribution in [2.45, 2.75) is 6.10 Å². The second kappa shape index (κ2) is 4.93. The van der Waals surface area contributed by atoms with Gasteiger partial charge in [-0.1, -0.05) is 11.6 Å². The van der Waals surface area contributed by atoms with Crippen molar-refractivity contribution in [1.82, 2.24) is 0 Å². The number of ether oxygens (including phenoxy) is 2. The van der Waals surface area contributed by atoms with Crippen LogP contribution in [-0.2, 0) is 4.74 Å². The quantitative estimate of drug-likeness (QED) is 0.878. The maximum Gasteiger partial charge on any atom is 0.282 e. The molecule has 1 heterocycles. The third kappa shape index (κ3) is 2.80. The summed E-state index contributed by atoms with van der Waals surface area (Å²) in [6.07, 6.45) is -0.163. The smallest absolute Gasteiger partial charge is 0.282 e. The highest BCUT2D eigenvalue weighted by Crippen LogP contribution is 2.22. The van der Waals surface area contributed by atoms with Gasteiger partial charge in [0.15, 0.2) is 6.10 Å². The molecule has 0 bridgehead atoms. The Morgan fingerprint density at radius 1 is 1.65 bits per heavy atom. The normalized spacial score (nSPS) is 18.1. The van der Waals surface area contributed by atoms with Crippen LogP contribution >= 0.6 is 11.6 Å². The predicted octanol–water partition coefficient (Wildman–Crippen LogP) is 1.30. The summed E-state index contributed by atoms with van der Waals surface area (Å²) in [6.45, 7) is 0.836. The molecule has 0 saturated carbocycles. The van der Waals surface area contributed by atoms with E-state index < -0.39 is 0 Å². The molecule has 0 fully saturated rings. The largest absolute Gasteiger partial charge is 0.490 e. The fourth-order valence-corrected chi connectivity index (χ4v) is 1.60. The first-order chi connectivity index (χ1) is 8.19. The zero-order valence-corrected chi connectivity index (χ0v) is 9.65. The Bertz CT molecular complexity index is 496. The van der Waals surface area contributed by atoms with Crippen molar-refractivity contribution >= 4 is 17.6 Å². The third-order valence-corrected chi connectivity index (χ3v) is 2.55. The molecule has 17 heavy (non-hydrogen) atoms. The van der Waals surface area contributed by atoms with Gasteiger partial charge in [0.2, 0.25) is 0 Å². The Kier molecular flexibility index (Phi) is 3.35. The summed E-state index contributed by atoms with van der Waals surface area (Å²) in [6, 6.07) is 7.06. The van der Waals surface area contributed by atoms with Crippen LogP contribution in [0.1, 0.15) is 5.56 Å². The number of amidine groups is 1. The first-order valence-electron chi connectivity index (χ1n) is 4.98. The maximum atomic E-state index is 8.72. The van der Waals surface area contributed by atoms with Crippen LogP contribution in [0.15, 0.2) is 23.2 Å². The van der Waals surface area contributed by atoms with E-state index in [1.54, 1.807) is 18.2 Å². The molecule has 2 rings (SSSR count).